The minimum Gasteiger partial charge on any atom is -0.368 e. The SMILES string of the molecule is CC(=O)c1c(-c2nc(NCCCN(C)C)c3ncn(C)c3n2)[nH]c2ccccc12. The Balaban J connectivity index is 1.82. The van der Waals surface area contributed by atoms with Gasteiger partial charge < -0.3 is 19.8 Å². The van der Waals surface area contributed by atoms with E-state index < -0.39 is 0 Å². The lowest BCUT2D eigenvalue weighted by atomic mass is 10.1. The standard InChI is InChI=1S/C21H25N7O/c1-13(29)16-14-8-5-6-9-15(14)24-17(16)20-25-19(22-10-7-11-27(2)3)18-21(26-20)28(4)12-23-18/h5-6,8-9,12,24H,7,10-11H2,1-4H3,(H,22,25,26). The van der Waals surface area contributed by atoms with Crippen LogP contribution in [0.4, 0.5) is 5.82 Å². The van der Waals surface area contributed by atoms with E-state index >= 15 is 0 Å². The van der Waals surface area contributed by atoms with Crippen LogP contribution >= 0.6 is 0 Å². The van der Waals surface area contributed by atoms with E-state index in [9.17, 15) is 4.79 Å². The molecular weight excluding hydrogens is 366 g/mol. The maximum atomic E-state index is 12.4. The summed E-state index contributed by atoms with van der Waals surface area (Å²) in [5.41, 5.74) is 3.58. The predicted octanol–water partition coefficient (Wildman–Crippen LogP) is 3.08. The molecule has 0 aliphatic rings. The molecule has 8 nitrogen and oxygen atoms in total. The smallest absolute Gasteiger partial charge is 0.181 e. The van der Waals surface area contributed by atoms with E-state index in [0.29, 0.717) is 22.9 Å². The van der Waals surface area contributed by atoms with Gasteiger partial charge in [0.25, 0.3) is 0 Å². The molecule has 8 heteroatoms. The fourth-order valence-electron chi connectivity index (χ4n) is 3.52. The maximum Gasteiger partial charge on any atom is 0.181 e. The predicted molar refractivity (Wildman–Crippen MR) is 115 cm³/mol. The summed E-state index contributed by atoms with van der Waals surface area (Å²) in [7, 11) is 6.01. The van der Waals surface area contributed by atoms with Gasteiger partial charge in [-0.05, 0) is 40.1 Å². The quantitative estimate of drug-likeness (QED) is 0.372. The number of benzene rings is 1. The highest BCUT2D eigenvalue weighted by atomic mass is 16.1. The molecule has 2 N–H and O–H groups in total. The van der Waals surface area contributed by atoms with Crippen molar-refractivity contribution in [3.63, 3.8) is 0 Å². The van der Waals surface area contributed by atoms with Crippen molar-refractivity contribution in [2.75, 3.05) is 32.5 Å². The number of nitrogens with one attached hydrogen (secondary N) is 2. The van der Waals surface area contributed by atoms with Crippen molar-refractivity contribution in [3.8, 4) is 11.5 Å². The molecule has 4 rings (SSSR count). The Kier molecular flexibility index (Phi) is 5.02. The van der Waals surface area contributed by atoms with Gasteiger partial charge in [0.15, 0.2) is 23.1 Å². The second kappa shape index (κ2) is 7.63. The number of hydrogen-bond acceptors (Lipinski definition) is 6. The number of aromatic nitrogens is 5. The number of aromatic amines is 1. The summed E-state index contributed by atoms with van der Waals surface area (Å²) in [6, 6.07) is 7.76. The maximum absolute atomic E-state index is 12.4. The number of aryl methyl sites for hydroxylation is 1. The molecule has 0 bridgehead atoms. The second-order valence-electron chi connectivity index (χ2n) is 7.48. The van der Waals surface area contributed by atoms with Gasteiger partial charge in [0.1, 0.15) is 5.52 Å². The Morgan fingerprint density at radius 2 is 2.03 bits per heavy atom. The molecule has 3 heterocycles. The van der Waals surface area contributed by atoms with E-state index in [4.69, 9.17) is 9.97 Å². The van der Waals surface area contributed by atoms with E-state index in [0.717, 1.165) is 41.6 Å². The molecule has 0 spiro atoms. The number of Topliss-reactive ketones (excluding diaryl/α,β-unsaturated/α-hetero) is 1. The van der Waals surface area contributed by atoms with E-state index in [-0.39, 0.29) is 5.78 Å². The highest BCUT2D eigenvalue weighted by molar-refractivity contribution is 6.12. The van der Waals surface area contributed by atoms with Crippen molar-refractivity contribution in [3.05, 3.63) is 36.2 Å². The summed E-state index contributed by atoms with van der Waals surface area (Å²) in [6.07, 6.45) is 2.71. The summed E-state index contributed by atoms with van der Waals surface area (Å²) in [6.45, 7) is 3.32. The molecule has 0 fully saturated rings. The fraction of sp³-hybridized carbons (Fsp3) is 0.333. The molecule has 29 heavy (non-hydrogen) atoms. The average molecular weight is 391 g/mol. The number of carbonyl (C=O) groups excluding carboxylic acids is 1. The van der Waals surface area contributed by atoms with Crippen LogP contribution in [-0.4, -0.2) is 62.4 Å². The molecule has 4 aromatic rings. The van der Waals surface area contributed by atoms with Crippen molar-refractivity contribution in [1.82, 2.24) is 29.4 Å². The summed E-state index contributed by atoms with van der Waals surface area (Å²) in [5, 5.41) is 4.28. The van der Waals surface area contributed by atoms with Crippen LogP contribution in [0.2, 0.25) is 0 Å². The van der Waals surface area contributed by atoms with E-state index in [2.05, 4.69) is 34.3 Å². The molecule has 0 aliphatic heterocycles. The lowest BCUT2D eigenvalue weighted by Gasteiger charge is -2.11. The van der Waals surface area contributed by atoms with E-state index in [1.165, 1.54) is 0 Å². The van der Waals surface area contributed by atoms with Gasteiger partial charge in [-0.3, -0.25) is 4.79 Å². The zero-order valence-corrected chi connectivity index (χ0v) is 17.2. The van der Waals surface area contributed by atoms with Gasteiger partial charge in [0.05, 0.1) is 17.6 Å². The van der Waals surface area contributed by atoms with Crippen molar-refractivity contribution in [2.45, 2.75) is 13.3 Å². The minimum absolute atomic E-state index is 0.0216. The largest absolute Gasteiger partial charge is 0.368 e. The first-order chi connectivity index (χ1) is 14.0. The van der Waals surface area contributed by atoms with Crippen LogP contribution in [0.25, 0.3) is 33.6 Å². The molecule has 0 aliphatic carbocycles. The lowest BCUT2D eigenvalue weighted by Crippen LogP contribution is -2.17. The molecule has 0 radical (unpaired) electrons. The normalized spacial score (nSPS) is 11.6. The lowest BCUT2D eigenvalue weighted by molar-refractivity contribution is 0.102. The Morgan fingerprint density at radius 3 is 2.79 bits per heavy atom. The molecule has 150 valence electrons. The van der Waals surface area contributed by atoms with Crippen LogP contribution in [0.1, 0.15) is 23.7 Å². The van der Waals surface area contributed by atoms with Gasteiger partial charge in [-0.15, -0.1) is 0 Å². The Labute approximate surface area is 169 Å². The molecule has 0 unspecified atom stereocenters. The minimum atomic E-state index is -0.0216. The first-order valence-corrected chi connectivity index (χ1v) is 9.65. The third-order valence-electron chi connectivity index (χ3n) is 4.92. The van der Waals surface area contributed by atoms with Gasteiger partial charge in [0.2, 0.25) is 0 Å². The topological polar surface area (TPSA) is 91.7 Å². The monoisotopic (exact) mass is 391 g/mol. The molecule has 0 saturated heterocycles. The van der Waals surface area contributed by atoms with Crippen molar-refractivity contribution >= 4 is 33.7 Å². The number of para-hydroxylation sites is 1. The number of ketones is 1. The summed E-state index contributed by atoms with van der Waals surface area (Å²) in [5.74, 6) is 1.14. The third-order valence-corrected chi connectivity index (χ3v) is 4.92. The van der Waals surface area contributed by atoms with E-state index in [1.807, 2.05) is 35.9 Å². The van der Waals surface area contributed by atoms with Crippen LogP contribution in [-0.2, 0) is 7.05 Å². The van der Waals surface area contributed by atoms with Crippen LogP contribution in [0.3, 0.4) is 0 Å². The Bertz CT molecular complexity index is 1190. The van der Waals surface area contributed by atoms with Crippen molar-refractivity contribution in [2.24, 2.45) is 7.05 Å². The van der Waals surface area contributed by atoms with Gasteiger partial charge >= 0.3 is 0 Å². The zero-order valence-electron chi connectivity index (χ0n) is 17.2. The number of rotatable bonds is 7. The number of nitrogens with zero attached hydrogens (tertiary/aromatic N) is 5. The highest BCUT2D eigenvalue weighted by Crippen LogP contribution is 2.31. The number of anilines is 1. The number of imidazole rings is 1. The van der Waals surface area contributed by atoms with Gasteiger partial charge in [0, 0.05) is 24.5 Å². The van der Waals surface area contributed by atoms with Gasteiger partial charge in [-0.2, -0.15) is 0 Å². The van der Waals surface area contributed by atoms with Crippen LogP contribution in [0.5, 0.6) is 0 Å². The summed E-state index contributed by atoms with van der Waals surface area (Å²) in [4.78, 5) is 31.8. The Hall–Kier alpha value is -3.26. The number of carbonyl (C=O) groups is 1. The molecule has 3 aromatic heterocycles. The molecule has 0 amide bonds. The van der Waals surface area contributed by atoms with Crippen LogP contribution in [0.15, 0.2) is 30.6 Å². The fourth-order valence-corrected chi connectivity index (χ4v) is 3.52. The Morgan fingerprint density at radius 1 is 1.24 bits per heavy atom. The molecular formula is C21H25N7O. The number of hydrogen-bond donors (Lipinski definition) is 2. The molecule has 1 aromatic carbocycles. The number of fused-ring (bicyclic) bond motifs is 2. The molecule has 0 atom stereocenters. The highest BCUT2D eigenvalue weighted by Gasteiger charge is 2.21. The van der Waals surface area contributed by atoms with E-state index in [1.54, 1.807) is 13.3 Å². The van der Waals surface area contributed by atoms with Gasteiger partial charge in [-0.1, -0.05) is 18.2 Å². The first kappa shape index (κ1) is 19.1. The van der Waals surface area contributed by atoms with Crippen molar-refractivity contribution < 1.29 is 4.79 Å². The van der Waals surface area contributed by atoms with Crippen molar-refractivity contribution in [1.29, 1.82) is 0 Å². The summed E-state index contributed by atoms with van der Waals surface area (Å²) < 4.78 is 1.86. The average Bonchev–Trinajstić information content (AvgIpc) is 3.26. The van der Waals surface area contributed by atoms with Crippen LogP contribution in [0, 0.1) is 0 Å². The summed E-state index contributed by atoms with van der Waals surface area (Å²) >= 11 is 0. The van der Waals surface area contributed by atoms with Crippen LogP contribution < -0.4 is 5.32 Å². The first-order valence-electron chi connectivity index (χ1n) is 9.65. The second-order valence-corrected chi connectivity index (χ2v) is 7.48. The third kappa shape index (κ3) is 3.58. The molecule has 0 saturated carbocycles. The number of H-pyrrole nitrogens is 1. The van der Waals surface area contributed by atoms with Gasteiger partial charge in [-0.25, -0.2) is 15.0 Å². The zero-order chi connectivity index (χ0) is 20.5.